The fourth-order valence-electron chi connectivity index (χ4n) is 3.85. The molecule has 0 aliphatic heterocycles. The maximum Gasteiger partial charge on any atom is 0.303 e. The van der Waals surface area contributed by atoms with Crippen LogP contribution in [0.15, 0.2) is 42.5 Å². The Morgan fingerprint density at radius 1 is 0.938 bits per heavy atom. The van der Waals surface area contributed by atoms with Crippen LogP contribution in [0, 0.1) is 18.8 Å². The summed E-state index contributed by atoms with van der Waals surface area (Å²) in [6.07, 6.45) is 0.348. The number of amides is 1. The molecule has 5 nitrogen and oxygen atoms in total. The second-order valence-corrected chi connectivity index (χ2v) is 9.68. The number of carboxylic acids is 1. The largest absolute Gasteiger partial charge is 0.481 e. The highest BCUT2D eigenvalue weighted by Gasteiger charge is 2.19. The number of aryl methyl sites for hydroxylation is 1. The minimum absolute atomic E-state index is 0.0534. The quantitative estimate of drug-likeness (QED) is 0.460. The van der Waals surface area contributed by atoms with Gasteiger partial charge in [0.1, 0.15) is 0 Å². The highest BCUT2D eigenvalue weighted by molar-refractivity contribution is 5.95. The van der Waals surface area contributed by atoms with E-state index in [9.17, 15) is 14.7 Å². The van der Waals surface area contributed by atoms with E-state index in [1.54, 1.807) is 0 Å². The maximum atomic E-state index is 12.9. The summed E-state index contributed by atoms with van der Waals surface area (Å²) >= 11 is 0. The molecular weight excluding hydrogens is 400 g/mol. The van der Waals surface area contributed by atoms with E-state index < -0.39 is 5.97 Å². The number of carbonyl (C=O) groups is 2. The van der Waals surface area contributed by atoms with E-state index in [-0.39, 0.29) is 18.2 Å². The van der Waals surface area contributed by atoms with Crippen molar-refractivity contribution in [3.63, 3.8) is 0 Å². The van der Waals surface area contributed by atoms with Gasteiger partial charge < -0.3 is 15.3 Å². The van der Waals surface area contributed by atoms with Crippen molar-refractivity contribution in [1.29, 1.82) is 0 Å². The van der Waals surface area contributed by atoms with Gasteiger partial charge in [-0.3, -0.25) is 9.59 Å². The number of carboxylic acid groups (broad SMARTS) is 1. The number of benzene rings is 2. The number of aliphatic carboxylic acids is 1. The Hall–Kier alpha value is -2.82. The van der Waals surface area contributed by atoms with Crippen LogP contribution >= 0.6 is 0 Å². The molecule has 1 unspecified atom stereocenters. The Kier molecular flexibility index (Phi) is 9.30. The fourth-order valence-corrected chi connectivity index (χ4v) is 3.85. The molecule has 0 radical (unpaired) electrons. The number of hydrogen-bond acceptors (Lipinski definition) is 3. The predicted octanol–water partition coefficient (Wildman–Crippen LogP) is 5.87. The maximum absolute atomic E-state index is 12.9. The lowest BCUT2D eigenvalue weighted by Crippen LogP contribution is -2.32. The third-order valence-electron chi connectivity index (χ3n) is 5.34. The van der Waals surface area contributed by atoms with Gasteiger partial charge >= 0.3 is 5.97 Å². The number of rotatable bonds is 11. The van der Waals surface area contributed by atoms with Crippen LogP contribution in [-0.4, -0.2) is 30.1 Å². The zero-order valence-corrected chi connectivity index (χ0v) is 20.3. The van der Waals surface area contributed by atoms with Gasteiger partial charge in [0, 0.05) is 13.1 Å². The number of nitrogens with one attached hydrogen (secondary N) is 1. The highest BCUT2D eigenvalue weighted by atomic mass is 16.4. The summed E-state index contributed by atoms with van der Waals surface area (Å²) in [5, 5.41) is 12.3. The van der Waals surface area contributed by atoms with Crippen LogP contribution in [0.4, 0.5) is 11.4 Å². The van der Waals surface area contributed by atoms with Crippen molar-refractivity contribution >= 4 is 23.3 Å². The van der Waals surface area contributed by atoms with Gasteiger partial charge in [0.15, 0.2) is 0 Å². The van der Waals surface area contributed by atoms with Gasteiger partial charge in [0.2, 0.25) is 5.91 Å². The van der Waals surface area contributed by atoms with Crippen molar-refractivity contribution in [1.82, 2.24) is 0 Å². The number of hydrogen-bond donors (Lipinski definition) is 2. The molecule has 0 spiro atoms. The highest BCUT2D eigenvalue weighted by Crippen LogP contribution is 2.32. The molecule has 0 heterocycles. The van der Waals surface area contributed by atoms with Crippen LogP contribution in [-0.2, 0) is 16.0 Å². The van der Waals surface area contributed by atoms with Crippen molar-refractivity contribution in [3.8, 4) is 0 Å². The summed E-state index contributed by atoms with van der Waals surface area (Å²) in [6.45, 7) is 14.4. The van der Waals surface area contributed by atoms with Crippen LogP contribution in [0.25, 0.3) is 0 Å². The molecule has 0 saturated heterocycles. The minimum Gasteiger partial charge on any atom is -0.481 e. The first-order valence-corrected chi connectivity index (χ1v) is 11.5. The molecule has 174 valence electrons. The Labute approximate surface area is 192 Å². The molecule has 1 amide bonds. The molecule has 2 rings (SSSR count). The van der Waals surface area contributed by atoms with Gasteiger partial charge in [0.25, 0.3) is 0 Å². The Morgan fingerprint density at radius 3 is 2.06 bits per heavy atom. The zero-order chi connectivity index (χ0) is 23.8. The van der Waals surface area contributed by atoms with E-state index in [0.717, 1.165) is 41.2 Å². The molecular formula is C27H38N2O3. The van der Waals surface area contributed by atoms with Crippen LogP contribution in [0.3, 0.4) is 0 Å². The normalized spacial score (nSPS) is 12.1. The Balaban J connectivity index is 2.37. The average molecular weight is 439 g/mol. The molecule has 0 saturated carbocycles. The lowest BCUT2D eigenvalue weighted by atomic mass is 9.96. The Bertz CT molecular complexity index is 894. The van der Waals surface area contributed by atoms with E-state index in [0.29, 0.717) is 18.3 Å². The van der Waals surface area contributed by atoms with Crippen LogP contribution in [0.1, 0.15) is 63.6 Å². The van der Waals surface area contributed by atoms with Gasteiger partial charge in [-0.1, -0.05) is 70.5 Å². The monoisotopic (exact) mass is 438 g/mol. The molecule has 5 heteroatoms. The summed E-state index contributed by atoms with van der Waals surface area (Å²) in [5.74, 6) is -0.108. The predicted molar refractivity (Wildman–Crippen MR) is 133 cm³/mol. The van der Waals surface area contributed by atoms with Gasteiger partial charge in [-0.2, -0.15) is 0 Å². The molecule has 2 N–H and O–H groups in total. The summed E-state index contributed by atoms with van der Waals surface area (Å²) in [5.41, 5.74) is 4.77. The van der Waals surface area contributed by atoms with E-state index in [1.807, 2.05) is 56.3 Å². The molecule has 0 fully saturated rings. The van der Waals surface area contributed by atoms with Crippen molar-refractivity contribution in [2.24, 2.45) is 11.8 Å². The smallest absolute Gasteiger partial charge is 0.303 e. The number of nitrogens with zero attached hydrogens (tertiary/aromatic N) is 1. The first kappa shape index (κ1) is 25.4. The molecule has 1 atom stereocenters. The molecule has 2 aromatic carbocycles. The first-order valence-electron chi connectivity index (χ1n) is 11.5. The molecule has 0 aliphatic carbocycles. The van der Waals surface area contributed by atoms with Crippen molar-refractivity contribution in [2.75, 3.05) is 23.3 Å². The van der Waals surface area contributed by atoms with E-state index in [1.165, 1.54) is 0 Å². The van der Waals surface area contributed by atoms with Gasteiger partial charge in [-0.15, -0.1) is 0 Å². The Morgan fingerprint density at radius 2 is 1.53 bits per heavy atom. The van der Waals surface area contributed by atoms with Crippen LogP contribution in [0.5, 0.6) is 0 Å². The topological polar surface area (TPSA) is 69.6 Å². The fraction of sp³-hybridized carbons (Fsp3) is 0.481. The zero-order valence-electron chi connectivity index (χ0n) is 20.3. The lowest BCUT2D eigenvalue weighted by Gasteiger charge is -2.31. The summed E-state index contributed by atoms with van der Waals surface area (Å²) in [6, 6.07) is 13.9. The third-order valence-corrected chi connectivity index (χ3v) is 5.34. The second-order valence-electron chi connectivity index (χ2n) is 9.68. The average Bonchev–Trinajstić information content (AvgIpc) is 2.68. The molecule has 32 heavy (non-hydrogen) atoms. The summed E-state index contributed by atoms with van der Waals surface area (Å²) in [7, 11) is 0. The third kappa shape index (κ3) is 8.03. The van der Waals surface area contributed by atoms with Gasteiger partial charge in [0.05, 0.1) is 24.2 Å². The van der Waals surface area contributed by atoms with Gasteiger partial charge in [-0.25, -0.2) is 0 Å². The summed E-state index contributed by atoms with van der Waals surface area (Å²) in [4.78, 5) is 26.5. The molecule has 0 bridgehead atoms. The first-order chi connectivity index (χ1) is 15.0. The SMILES string of the molecule is Cc1ccc(CC(=O)Nc2cc(C(C)CC(=O)O)ccc2N(CC(C)C)CC(C)C)cc1. The molecule has 0 aliphatic rings. The lowest BCUT2D eigenvalue weighted by molar-refractivity contribution is -0.137. The standard InChI is InChI=1S/C27H38N2O3/c1-18(2)16-29(17-19(3)4)25-12-11-23(21(6)13-27(31)32)15-24(25)28-26(30)14-22-9-7-20(5)8-10-22/h7-12,15,18-19,21H,13-14,16-17H2,1-6H3,(H,28,30)(H,31,32). The van der Waals surface area contributed by atoms with Crippen molar-refractivity contribution in [3.05, 3.63) is 59.2 Å². The van der Waals surface area contributed by atoms with E-state index in [2.05, 4.69) is 37.9 Å². The van der Waals surface area contributed by atoms with Crippen molar-refractivity contribution in [2.45, 2.75) is 60.3 Å². The number of anilines is 2. The van der Waals surface area contributed by atoms with E-state index >= 15 is 0 Å². The van der Waals surface area contributed by atoms with E-state index in [4.69, 9.17) is 0 Å². The minimum atomic E-state index is -0.826. The van der Waals surface area contributed by atoms with Gasteiger partial charge in [-0.05, 0) is 47.9 Å². The molecule has 0 aromatic heterocycles. The number of carbonyl (C=O) groups excluding carboxylic acids is 1. The van der Waals surface area contributed by atoms with Crippen molar-refractivity contribution < 1.29 is 14.7 Å². The second kappa shape index (κ2) is 11.7. The van der Waals surface area contributed by atoms with Crippen LogP contribution in [0.2, 0.25) is 0 Å². The van der Waals surface area contributed by atoms with Crippen LogP contribution < -0.4 is 10.2 Å². The summed E-state index contributed by atoms with van der Waals surface area (Å²) < 4.78 is 0. The molecule has 2 aromatic rings.